The second-order valence-corrected chi connectivity index (χ2v) is 13.8. The van der Waals surface area contributed by atoms with Gasteiger partial charge in [-0.1, -0.05) is 92.9 Å². The SMILES string of the molecule is CCCCC[N+](CCCCC)(CCCCC)CCCCCCCC[N+](CCCCC)(CCCCC)CCCCC. The maximum absolute atomic E-state index is 2.37. The molecule has 2 nitrogen and oxygen atoms in total. The van der Waals surface area contributed by atoms with E-state index >= 15 is 0 Å². The minimum absolute atomic E-state index is 1.36. The number of unbranched alkanes of at least 4 members (excludes halogenated alkanes) is 17. The molecule has 0 aliphatic carbocycles. The van der Waals surface area contributed by atoms with E-state index in [1.54, 1.807) is 0 Å². The molecule has 0 aromatic rings. The van der Waals surface area contributed by atoms with Gasteiger partial charge in [0.15, 0.2) is 0 Å². The van der Waals surface area contributed by atoms with Crippen molar-refractivity contribution in [3.05, 3.63) is 0 Å². The molecule has 0 atom stereocenters. The summed E-state index contributed by atoms with van der Waals surface area (Å²) in [4.78, 5) is 0. The summed E-state index contributed by atoms with van der Waals surface area (Å²) in [6, 6.07) is 0. The summed E-state index contributed by atoms with van der Waals surface area (Å²) in [6.07, 6.45) is 34.2. The third kappa shape index (κ3) is 21.6. The Morgan fingerprint density at radius 1 is 0.200 bits per heavy atom. The van der Waals surface area contributed by atoms with Crippen molar-refractivity contribution in [2.45, 2.75) is 196 Å². The lowest BCUT2D eigenvalue weighted by Gasteiger charge is -2.40. The van der Waals surface area contributed by atoms with E-state index in [1.165, 1.54) is 215 Å². The smallest absolute Gasteiger partial charge is 0.0786 e. The number of hydrogen-bond acceptors (Lipinski definition) is 0. The summed E-state index contributed by atoms with van der Waals surface area (Å²) in [5, 5.41) is 0. The molecule has 0 spiro atoms. The predicted octanol–water partition coefficient (Wildman–Crippen LogP) is 12.1. The van der Waals surface area contributed by atoms with Crippen molar-refractivity contribution in [2.24, 2.45) is 0 Å². The van der Waals surface area contributed by atoms with Crippen LogP contribution < -0.4 is 0 Å². The fourth-order valence-corrected chi connectivity index (χ4v) is 7.13. The van der Waals surface area contributed by atoms with Crippen molar-refractivity contribution < 1.29 is 8.97 Å². The molecule has 0 rings (SSSR count). The zero-order valence-electron chi connectivity index (χ0n) is 29.5. The van der Waals surface area contributed by atoms with Gasteiger partial charge in [-0.15, -0.1) is 0 Å². The molecule has 0 saturated carbocycles. The number of hydrogen-bond donors (Lipinski definition) is 0. The van der Waals surface area contributed by atoms with Gasteiger partial charge in [-0.2, -0.15) is 0 Å². The van der Waals surface area contributed by atoms with E-state index in [2.05, 4.69) is 41.5 Å². The highest BCUT2D eigenvalue weighted by atomic mass is 15.4. The summed E-state index contributed by atoms with van der Waals surface area (Å²) in [7, 11) is 0. The molecule has 0 fully saturated rings. The molecule has 0 aromatic carbocycles. The third-order valence-electron chi connectivity index (χ3n) is 9.93. The number of nitrogens with zero attached hydrogens (tertiary/aromatic N) is 2. The summed E-state index contributed by atoms with van der Waals surface area (Å²) < 4.78 is 2.90. The zero-order chi connectivity index (χ0) is 29.6. The van der Waals surface area contributed by atoms with E-state index in [0.717, 1.165) is 0 Å². The molecule has 0 saturated heterocycles. The van der Waals surface area contributed by atoms with Gasteiger partial charge in [-0.3, -0.25) is 0 Å². The molecule has 0 aliphatic heterocycles. The van der Waals surface area contributed by atoms with Crippen LogP contribution in [0.3, 0.4) is 0 Å². The molecule has 0 aromatic heterocycles. The fraction of sp³-hybridized carbons (Fsp3) is 1.00. The maximum Gasteiger partial charge on any atom is 0.0786 e. The number of rotatable bonds is 33. The predicted molar refractivity (Wildman–Crippen MR) is 184 cm³/mol. The Bertz CT molecular complexity index is 391. The first kappa shape index (κ1) is 39.9. The summed E-state index contributed by atoms with van der Waals surface area (Å²) in [6.45, 7) is 25.9. The molecule has 40 heavy (non-hydrogen) atoms. The zero-order valence-corrected chi connectivity index (χ0v) is 29.5. The van der Waals surface area contributed by atoms with Crippen molar-refractivity contribution in [3.8, 4) is 0 Å². The van der Waals surface area contributed by atoms with Crippen LogP contribution in [0.4, 0.5) is 0 Å². The summed E-state index contributed by atoms with van der Waals surface area (Å²) in [5.74, 6) is 0. The highest BCUT2D eigenvalue weighted by Crippen LogP contribution is 2.21. The Kier molecular flexibility index (Phi) is 29.0. The summed E-state index contributed by atoms with van der Waals surface area (Å²) in [5.41, 5.74) is 0. The van der Waals surface area contributed by atoms with Crippen LogP contribution in [0.15, 0.2) is 0 Å². The Balaban J connectivity index is 4.77. The minimum atomic E-state index is 1.36. The molecular weight excluding hydrogens is 484 g/mol. The monoisotopic (exact) mass is 567 g/mol. The van der Waals surface area contributed by atoms with Crippen LogP contribution >= 0.6 is 0 Å². The van der Waals surface area contributed by atoms with Gasteiger partial charge in [-0.25, -0.2) is 0 Å². The van der Waals surface area contributed by atoms with Gasteiger partial charge >= 0.3 is 0 Å². The normalized spacial score (nSPS) is 12.4. The highest BCUT2D eigenvalue weighted by Gasteiger charge is 2.27. The molecule has 0 N–H and O–H groups in total. The lowest BCUT2D eigenvalue weighted by Crippen LogP contribution is -2.51. The van der Waals surface area contributed by atoms with Gasteiger partial charge in [0.25, 0.3) is 0 Å². The summed E-state index contributed by atoms with van der Waals surface area (Å²) >= 11 is 0. The molecule has 0 radical (unpaired) electrons. The van der Waals surface area contributed by atoms with Gasteiger partial charge in [-0.05, 0) is 103 Å². The number of quaternary nitrogens is 2. The van der Waals surface area contributed by atoms with E-state index in [9.17, 15) is 0 Å². The molecular formula is C38H82N2+2. The van der Waals surface area contributed by atoms with E-state index in [4.69, 9.17) is 0 Å². The fourth-order valence-electron chi connectivity index (χ4n) is 7.13. The highest BCUT2D eigenvalue weighted by molar-refractivity contribution is 4.55. The van der Waals surface area contributed by atoms with E-state index < -0.39 is 0 Å². The average Bonchev–Trinajstić information content (AvgIpc) is 2.95. The van der Waals surface area contributed by atoms with Crippen molar-refractivity contribution in [1.82, 2.24) is 0 Å². The van der Waals surface area contributed by atoms with Crippen LogP contribution in [0.1, 0.15) is 196 Å². The van der Waals surface area contributed by atoms with Crippen molar-refractivity contribution in [2.75, 3.05) is 52.4 Å². The molecule has 0 aliphatic rings. The van der Waals surface area contributed by atoms with Crippen molar-refractivity contribution >= 4 is 0 Å². The third-order valence-corrected chi connectivity index (χ3v) is 9.93. The van der Waals surface area contributed by atoms with E-state index in [0.29, 0.717) is 0 Å². The first-order valence-electron chi connectivity index (χ1n) is 19.3. The topological polar surface area (TPSA) is 0 Å². The lowest BCUT2D eigenvalue weighted by atomic mass is 10.1. The van der Waals surface area contributed by atoms with Gasteiger partial charge in [0, 0.05) is 0 Å². The Labute approximate surface area is 256 Å². The second kappa shape index (κ2) is 29.0. The standard InChI is InChI=1S/C38H82N2/c1-7-13-23-31-39(32-24-14-8-2,33-25-15-9-3)37-29-21-19-20-22-30-38-40(34-26-16-10-4,35-27-17-11-5)36-28-18-12-6/h7-38H2,1-6H3/q+2. The molecule has 242 valence electrons. The Hall–Kier alpha value is -0.0800. The van der Waals surface area contributed by atoms with Crippen LogP contribution in [0.2, 0.25) is 0 Å². The largest absolute Gasteiger partial charge is 0.324 e. The average molecular weight is 567 g/mol. The Morgan fingerprint density at radius 2 is 0.350 bits per heavy atom. The van der Waals surface area contributed by atoms with Gasteiger partial charge in [0.1, 0.15) is 0 Å². The minimum Gasteiger partial charge on any atom is -0.324 e. The molecule has 0 bridgehead atoms. The Morgan fingerprint density at radius 3 is 0.525 bits per heavy atom. The molecule has 0 heterocycles. The van der Waals surface area contributed by atoms with E-state index in [1.807, 2.05) is 0 Å². The van der Waals surface area contributed by atoms with Crippen LogP contribution in [-0.4, -0.2) is 61.3 Å². The molecule has 0 amide bonds. The van der Waals surface area contributed by atoms with Gasteiger partial charge in [0.2, 0.25) is 0 Å². The van der Waals surface area contributed by atoms with Crippen molar-refractivity contribution in [1.29, 1.82) is 0 Å². The molecule has 2 heteroatoms. The van der Waals surface area contributed by atoms with Gasteiger partial charge in [0.05, 0.1) is 52.4 Å². The quantitative estimate of drug-likeness (QED) is 0.0547. The van der Waals surface area contributed by atoms with Gasteiger partial charge < -0.3 is 8.97 Å². The first-order valence-corrected chi connectivity index (χ1v) is 19.3. The van der Waals surface area contributed by atoms with Crippen LogP contribution in [0.5, 0.6) is 0 Å². The van der Waals surface area contributed by atoms with E-state index in [-0.39, 0.29) is 0 Å². The van der Waals surface area contributed by atoms with Crippen LogP contribution in [0.25, 0.3) is 0 Å². The lowest BCUT2D eigenvalue weighted by molar-refractivity contribution is -0.929. The molecule has 0 unspecified atom stereocenters. The maximum atomic E-state index is 2.37. The van der Waals surface area contributed by atoms with Crippen LogP contribution in [-0.2, 0) is 0 Å². The van der Waals surface area contributed by atoms with Crippen molar-refractivity contribution in [3.63, 3.8) is 0 Å². The van der Waals surface area contributed by atoms with Crippen LogP contribution in [0, 0.1) is 0 Å². The second-order valence-electron chi connectivity index (χ2n) is 13.8. The first-order chi connectivity index (χ1) is 19.6.